The van der Waals surface area contributed by atoms with E-state index in [2.05, 4.69) is 20.8 Å². The summed E-state index contributed by atoms with van der Waals surface area (Å²) in [5.41, 5.74) is 1.05. The summed E-state index contributed by atoms with van der Waals surface area (Å²) >= 11 is 1.23. The molecule has 1 aromatic heterocycles. The third kappa shape index (κ3) is 4.28. The van der Waals surface area contributed by atoms with Crippen LogP contribution >= 0.6 is 11.3 Å². The van der Waals surface area contributed by atoms with Crippen LogP contribution in [0.1, 0.15) is 17.3 Å². The van der Waals surface area contributed by atoms with Gasteiger partial charge in [0.05, 0.1) is 0 Å². The van der Waals surface area contributed by atoms with Crippen LogP contribution in [-0.4, -0.2) is 28.1 Å². The van der Waals surface area contributed by atoms with E-state index in [1.165, 1.54) is 36.5 Å². The minimum Gasteiger partial charge on any atom is -0.341 e. The van der Waals surface area contributed by atoms with E-state index in [4.69, 9.17) is 0 Å². The molecule has 6 nitrogen and oxygen atoms in total. The first kappa shape index (κ1) is 17.7. The van der Waals surface area contributed by atoms with Gasteiger partial charge in [-0.3, -0.25) is 14.9 Å². The molecule has 1 unspecified atom stereocenters. The summed E-state index contributed by atoms with van der Waals surface area (Å²) in [6, 6.07) is 13.9. The van der Waals surface area contributed by atoms with Crippen molar-refractivity contribution in [1.82, 2.24) is 15.5 Å². The molecule has 132 valence electrons. The molecule has 2 amide bonds. The molecule has 0 bridgehead atoms. The Morgan fingerprint density at radius 2 is 1.85 bits per heavy atom. The number of carbonyl (C=O) groups excluding carboxylic acids is 2. The standard InChI is InChI=1S/C18H15FN4O2S/c1-11(20-16(25)13-8-5-9-14(19)10-13)15(24)21-18-23-22-17(26-18)12-6-3-2-4-7-12/h2-11H,1H3,(H,20,25)(H,21,23,24). The van der Waals surface area contributed by atoms with Crippen LogP contribution in [0.3, 0.4) is 0 Å². The molecule has 2 N–H and O–H groups in total. The maximum Gasteiger partial charge on any atom is 0.252 e. The summed E-state index contributed by atoms with van der Waals surface area (Å²) in [6.07, 6.45) is 0. The topological polar surface area (TPSA) is 84.0 Å². The highest BCUT2D eigenvalue weighted by Gasteiger charge is 2.18. The molecule has 0 saturated heterocycles. The van der Waals surface area contributed by atoms with E-state index in [9.17, 15) is 14.0 Å². The van der Waals surface area contributed by atoms with Gasteiger partial charge >= 0.3 is 0 Å². The average molecular weight is 370 g/mol. The van der Waals surface area contributed by atoms with Gasteiger partial charge in [-0.2, -0.15) is 0 Å². The smallest absolute Gasteiger partial charge is 0.252 e. The van der Waals surface area contributed by atoms with Crippen LogP contribution in [0.2, 0.25) is 0 Å². The average Bonchev–Trinajstić information content (AvgIpc) is 3.11. The lowest BCUT2D eigenvalue weighted by molar-refractivity contribution is -0.117. The maximum absolute atomic E-state index is 13.2. The lowest BCUT2D eigenvalue weighted by Crippen LogP contribution is -2.41. The van der Waals surface area contributed by atoms with Gasteiger partial charge in [-0.05, 0) is 25.1 Å². The molecule has 0 saturated carbocycles. The number of anilines is 1. The van der Waals surface area contributed by atoms with Crippen LogP contribution in [0.4, 0.5) is 9.52 Å². The van der Waals surface area contributed by atoms with Crippen molar-refractivity contribution in [3.63, 3.8) is 0 Å². The number of aromatic nitrogens is 2. The molecule has 1 atom stereocenters. The quantitative estimate of drug-likeness (QED) is 0.723. The van der Waals surface area contributed by atoms with E-state index >= 15 is 0 Å². The number of rotatable bonds is 5. The van der Waals surface area contributed by atoms with E-state index in [-0.39, 0.29) is 5.56 Å². The van der Waals surface area contributed by atoms with Crippen LogP contribution in [0.25, 0.3) is 10.6 Å². The Balaban J connectivity index is 1.61. The highest BCUT2D eigenvalue weighted by atomic mass is 32.1. The highest BCUT2D eigenvalue weighted by molar-refractivity contribution is 7.18. The molecule has 26 heavy (non-hydrogen) atoms. The Hall–Kier alpha value is -3.13. The van der Waals surface area contributed by atoms with Crippen molar-refractivity contribution in [2.75, 3.05) is 5.32 Å². The monoisotopic (exact) mass is 370 g/mol. The lowest BCUT2D eigenvalue weighted by atomic mass is 10.2. The second kappa shape index (κ2) is 7.83. The summed E-state index contributed by atoms with van der Waals surface area (Å²) in [7, 11) is 0. The van der Waals surface area contributed by atoms with Crippen LogP contribution < -0.4 is 10.6 Å². The van der Waals surface area contributed by atoms with E-state index in [0.29, 0.717) is 10.1 Å². The van der Waals surface area contributed by atoms with Gasteiger partial charge < -0.3 is 5.32 Å². The minimum atomic E-state index is -0.824. The second-order valence-electron chi connectivity index (χ2n) is 5.47. The summed E-state index contributed by atoms with van der Waals surface area (Å²) in [4.78, 5) is 24.3. The zero-order valence-electron chi connectivity index (χ0n) is 13.8. The fraction of sp³-hybridized carbons (Fsp3) is 0.111. The molecule has 3 aromatic rings. The number of benzene rings is 2. The SMILES string of the molecule is CC(NC(=O)c1cccc(F)c1)C(=O)Nc1nnc(-c2ccccc2)s1. The first-order chi connectivity index (χ1) is 12.5. The Kier molecular flexibility index (Phi) is 5.33. The van der Waals surface area contributed by atoms with Crippen LogP contribution in [0.5, 0.6) is 0 Å². The molecule has 8 heteroatoms. The first-order valence-corrected chi connectivity index (χ1v) is 8.61. The number of halogens is 1. The van der Waals surface area contributed by atoms with Crippen LogP contribution in [0, 0.1) is 5.82 Å². The van der Waals surface area contributed by atoms with Gasteiger partial charge in [0.2, 0.25) is 11.0 Å². The Labute approximate surface area is 153 Å². The molecule has 0 radical (unpaired) electrons. The van der Waals surface area contributed by atoms with Crippen LogP contribution in [0.15, 0.2) is 54.6 Å². The molecular formula is C18H15FN4O2S. The first-order valence-electron chi connectivity index (χ1n) is 7.79. The number of nitrogens with one attached hydrogen (secondary N) is 2. The van der Waals surface area contributed by atoms with Gasteiger partial charge in [-0.15, -0.1) is 10.2 Å². The van der Waals surface area contributed by atoms with E-state index < -0.39 is 23.7 Å². The Morgan fingerprint density at radius 3 is 2.58 bits per heavy atom. The van der Waals surface area contributed by atoms with Crippen LogP contribution in [-0.2, 0) is 4.79 Å². The molecular weight excluding hydrogens is 355 g/mol. The normalized spacial score (nSPS) is 11.6. The van der Waals surface area contributed by atoms with Crippen molar-refractivity contribution >= 4 is 28.3 Å². The molecule has 0 fully saturated rings. The third-order valence-corrected chi connectivity index (χ3v) is 4.39. The zero-order valence-corrected chi connectivity index (χ0v) is 14.6. The van der Waals surface area contributed by atoms with E-state index in [1.807, 2.05) is 30.3 Å². The number of hydrogen-bond acceptors (Lipinski definition) is 5. The van der Waals surface area contributed by atoms with E-state index in [0.717, 1.165) is 11.6 Å². The molecule has 2 aromatic carbocycles. The Morgan fingerprint density at radius 1 is 1.08 bits per heavy atom. The Bertz CT molecular complexity index is 930. The number of carbonyl (C=O) groups is 2. The second-order valence-corrected chi connectivity index (χ2v) is 6.45. The van der Waals surface area contributed by atoms with Crippen molar-refractivity contribution in [2.24, 2.45) is 0 Å². The zero-order chi connectivity index (χ0) is 18.5. The predicted molar refractivity (Wildman–Crippen MR) is 97.3 cm³/mol. The summed E-state index contributed by atoms with van der Waals surface area (Å²) < 4.78 is 13.2. The number of amides is 2. The lowest BCUT2D eigenvalue weighted by Gasteiger charge is -2.12. The minimum absolute atomic E-state index is 0.145. The van der Waals surface area contributed by atoms with Gasteiger partial charge in [0.25, 0.3) is 5.91 Å². The maximum atomic E-state index is 13.2. The number of nitrogens with zero attached hydrogens (tertiary/aromatic N) is 2. The van der Waals surface area contributed by atoms with Crippen molar-refractivity contribution in [1.29, 1.82) is 0 Å². The van der Waals surface area contributed by atoms with Gasteiger partial charge in [0.15, 0.2) is 0 Å². The van der Waals surface area contributed by atoms with Gasteiger partial charge in [-0.25, -0.2) is 4.39 Å². The van der Waals surface area contributed by atoms with Gasteiger partial charge in [0, 0.05) is 11.1 Å². The van der Waals surface area contributed by atoms with E-state index in [1.54, 1.807) is 0 Å². The molecule has 0 aliphatic heterocycles. The molecule has 0 aliphatic rings. The third-order valence-electron chi connectivity index (χ3n) is 3.50. The molecule has 0 spiro atoms. The summed E-state index contributed by atoms with van der Waals surface area (Å²) in [5.74, 6) is -1.49. The fourth-order valence-corrected chi connectivity index (χ4v) is 2.91. The van der Waals surface area contributed by atoms with Crippen molar-refractivity contribution in [3.8, 4) is 10.6 Å². The summed E-state index contributed by atoms with van der Waals surface area (Å²) in [6.45, 7) is 1.53. The van der Waals surface area contributed by atoms with Gasteiger partial charge in [0.1, 0.15) is 16.9 Å². The highest BCUT2D eigenvalue weighted by Crippen LogP contribution is 2.25. The molecule has 0 aliphatic carbocycles. The predicted octanol–water partition coefficient (Wildman–Crippen LogP) is 3.10. The molecule has 1 heterocycles. The van der Waals surface area contributed by atoms with Gasteiger partial charge in [-0.1, -0.05) is 47.7 Å². The van der Waals surface area contributed by atoms with Crippen molar-refractivity contribution in [3.05, 3.63) is 66.0 Å². The number of hydrogen-bond donors (Lipinski definition) is 2. The largest absolute Gasteiger partial charge is 0.341 e. The fourth-order valence-electron chi connectivity index (χ4n) is 2.16. The summed E-state index contributed by atoms with van der Waals surface area (Å²) in [5, 5.41) is 14.1. The molecule has 3 rings (SSSR count). The van der Waals surface area contributed by atoms with Crippen molar-refractivity contribution < 1.29 is 14.0 Å². The van der Waals surface area contributed by atoms with Crippen molar-refractivity contribution in [2.45, 2.75) is 13.0 Å².